The predicted octanol–water partition coefficient (Wildman–Crippen LogP) is 1.66. The first kappa shape index (κ1) is 13.2. The molecule has 0 spiro atoms. The van der Waals surface area contributed by atoms with Gasteiger partial charge in [0.05, 0.1) is 12.1 Å². The van der Waals surface area contributed by atoms with Crippen LogP contribution >= 0.6 is 0 Å². The zero-order chi connectivity index (χ0) is 13.5. The van der Waals surface area contributed by atoms with E-state index in [4.69, 9.17) is 4.74 Å². The molecule has 2 fully saturated rings. The average Bonchev–Trinajstić information content (AvgIpc) is 2.69. The van der Waals surface area contributed by atoms with Gasteiger partial charge in [0.25, 0.3) is 0 Å². The van der Waals surface area contributed by atoms with Crippen LogP contribution in [0.15, 0.2) is 0 Å². The predicted molar refractivity (Wildman–Crippen MR) is 67.1 cm³/mol. The third-order valence-corrected chi connectivity index (χ3v) is 3.53. The summed E-state index contributed by atoms with van der Waals surface area (Å²) >= 11 is 0. The van der Waals surface area contributed by atoms with Gasteiger partial charge in [-0.25, -0.2) is 4.79 Å². The number of rotatable bonds is 1. The Morgan fingerprint density at radius 2 is 1.94 bits per heavy atom. The normalized spacial score (nSPS) is 30.4. The summed E-state index contributed by atoms with van der Waals surface area (Å²) < 4.78 is 5.43. The van der Waals surface area contributed by atoms with Crippen LogP contribution in [0.25, 0.3) is 0 Å². The van der Waals surface area contributed by atoms with Crippen molar-refractivity contribution in [2.75, 3.05) is 0 Å². The van der Waals surface area contributed by atoms with Gasteiger partial charge in [-0.3, -0.25) is 4.79 Å². The minimum Gasteiger partial charge on any atom is -0.444 e. The van der Waals surface area contributed by atoms with Gasteiger partial charge in [-0.05, 0) is 40.0 Å². The van der Waals surface area contributed by atoms with Gasteiger partial charge in [-0.1, -0.05) is 0 Å². The molecule has 2 heterocycles. The van der Waals surface area contributed by atoms with E-state index in [0.717, 1.165) is 19.3 Å². The smallest absolute Gasteiger partial charge is 0.410 e. The van der Waals surface area contributed by atoms with Crippen LogP contribution in [0.4, 0.5) is 4.79 Å². The molecule has 0 radical (unpaired) electrons. The fourth-order valence-corrected chi connectivity index (χ4v) is 3.00. The summed E-state index contributed by atoms with van der Waals surface area (Å²) in [5, 5.41) is 2.93. The van der Waals surface area contributed by atoms with E-state index in [1.165, 1.54) is 6.92 Å². The maximum absolute atomic E-state index is 12.1. The van der Waals surface area contributed by atoms with E-state index in [1.54, 1.807) is 0 Å². The van der Waals surface area contributed by atoms with Gasteiger partial charge in [-0.15, -0.1) is 0 Å². The minimum atomic E-state index is -0.470. The summed E-state index contributed by atoms with van der Waals surface area (Å²) in [6, 6.07) is 0.421. The summed E-state index contributed by atoms with van der Waals surface area (Å²) in [4.78, 5) is 25.1. The molecule has 0 aromatic heterocycles. The molecule has 102 valence electrons. The molecule has 0 aliphatic carbocycles. The SMILES string of the molecule is CC(=O)N[C@@H]1C[C@H]2CC[C@@H]1N2C(=O)OC(C)(C)C. The van der Waals surface area contributed by atoms with Crippen molar-refractivity contribution >= 4 is 12.0 Å². The summed E-state index contributed by atoms with van der Waals surface area (Å²) in [5.41, 5.74) is -0.470. The Hall–Kier alpha value is -1.26. The summed E-state index contributed by atoms with van der Waals surface area (Å²) in [6.07, 6.45) is 2.57. The van der Waals surface area contributed by atoms with Crippen molar-refractivity contribution < 1.29 is 14.3 Å². The number of carbonyl (C=O) groups excluding carboxylic acids is 2. The zero-order valence-electron chi connectivity index (χ0n) is 11.5. The van der Waals surface area contributed by atoms with Crippen LogP contribution in [-0.4, -0.2) is 40.6 Å². The molecule has 1 N–H and O–H groups in total. The van der Waals surface area contributed by atoms with Crippen LogP contribution in [0.2, 0.25) is 0 Å². The summed E-state index contributed by atoms with van der Waals surface area (Å²) in [6.45, 7) is 7.13. The lowest BCUT2D eigenvalue weighted by Gasteiger charge is -2.28. The molecule has 5 heteroatoms. The van der Waals surface area contributed by atoms with E-state index in [9.17, 15) is 9.59 Å². The van der Waals surface area contributed by atoms with Gasteiger partial charge in [0.1, 0.15) is 5.60 Å². The monoisotopic (exact) mass is 254 g/mol. The molecule has 3 atom stereocenters. The Bertz CT molecular complexity index is 362. The van der Waals surface area contributed by atoms with Crippen molar-refractivity contribution in [3.63, 3.8) is 0 Å². The average molecular weight is 254 g/mol. The van der Waals surface area contributed by atoms with Crippen molar-refractivity contribution in [1.82, 2.24) is 10.2 Å². The molecule has 2 aliphatic rings. The first-order chi connectivity index (χ1) is 8.28. The summed E-state index contributed by atoms with van der Waals surface area (Å²) in [7, 11) is 0. The second-order valence-corrected chi connectivity index (χ2v) is 6.23. The largest absolute Gasteiger partial charge is 0.444 e. The first-order valence-corrected chi connectivity index (χ1v) is 6.56. The van der Waals surface area contributed by atoms with E-state index in [0.29, 0.717) is 0 Å². The third kappa shape index (κ3) is 2.60. The fourth-order valence-electron chi connectivity index (χ4n) is 3.00. The molecule has 2 bridgehead atoms. The lowest BCUT2D eigenvalue weighted by atomic mass is 9.95. The third-order valence-electron chi connectivity index (χ3n) is 3.53. The topological polar surface area (TPSA) is 58.6 Å². The fraction of sp³-hybridized carbons (Fsp3) is 0.846. The Balaban J connectivity index is 2.03. The zero-order valence-corrected chi connectivity index (χ0v) is 11.5. The van der Waals surface area contributed by atoms with Crippen molar-refractivity contribution in [1.29, 1.82) is 0 Å². The van der Waals surface area contributed by atoms with Crippen LogP contribution in [0, 0.1) is 0 Å². The van der Waals surface area contributed by atoms with Crippen LogP contribution in [0.5, 0.6) is 0 Å². The van der Waals surface area contributed by atoms with Crippen LogP contribution in [-0.2, 0) is 9.53 Å². The maximum Gasteiger partial charge on any atom is 0.410 e. The van der Waals surface area contributed by atoms with E-state index in [2.05, 4.69) is 5.32 Å². The molecule has 18 heavy (non-hydrogen) atoms. The van der Waals surface area contributed by atoms with E-state index < -0.39 is 5.60 Å². The molecule has 0 aromatic carbocycles. The molecular formula is C13H22N2O3. The lowest BCUT2D eigenvalue weighted by molar-refractivity contribution is -0.119. The van der Waals surface area contributed by atoms with E-state index in [-0.39, 0.29) is 30.1 Å². The molecular weight excluding hydrogens is 232 g/mol. The number of hydrogen-bond acceptors (Lipinski definition) is 3. The maximum atomic E-state index is 12.1. The highest BCUT2D eigenvalue weighted by molar-refractivity contribution is 5.74. The second kappa shape index (κ2) is 4.44. The van der Waals surface area contributed by atoms with Crippen molar-refractivity contribution in [2.24, 2.45) is 0 Å². The molecule has 2 rings (SSSR count). The Kier molecular flexibility index (Phi) is 3.25. The Morgan fingerprint density at radius 1 is 1.28 bits per heavy atom. The van der Waals surface area contributed by atoms with Crippen LogP contribution in [0.1, 0.15) is 47.0 Å². The highest BCUT2D eigenvalue weighted by Crippen LogP contribution is 2.38. The van der Waals surface area contributed by atoms with E-state index in [1.807, 2.05) is 25.7 Å². The van der Waals surface area contributed by atoms with Crippen molar-refractivity contribution in [3.8, 4) is 0 Å². The number of amides is 2. The van der Waals surface area contributed by atoms with Gasteiger partial charge in [0, 0.05) is 13.0 Å². The van der Waals surface area contributed by atoms with Gasteiger partial charge in [0.2, 0.25) is 5.91 Å². The Morgan fingerprint density at radius 3 is 2.50 bits per heavy atom. The number of carbonyl (C=O) groups is 2. The molecule has 2 amide bonds. The number of hydrogen-bond donors (Lipinski definition) is 1. The second-order valence-electron chi connectivity index (χ2n) is 6.23. The van der Waals surface area contributed by atoms with Gasteiger partial charge >= 0.3 is 6.09 Å². The molecule has 0 unspecified atom stereocenters. The number of nitrogens with zero attached hydrogens (tertiary/aromatic N) is 1. The van der Waals surface area contributed by atoms with Gasteiger partial charge in [-0.2, -0.15) is 0 Å². The Labute approximate surface area is 108 Å². The molecule has 2 saturated heterocycles. The standard InChI is InChI=1S/C13H22N2O3/c1-8(16)14-10-7-9-5-6-11(10)15(9)12(17)18-13(2,3)4/h9-11H,5-7H2,1-4H3,(H,14,16)/t9-,10-,11+/m1/s1. The van der Waals surface area contributed by atoms with Crippen LogP contribution in [0.3, 0.4) is 0 Å². The quantitative estimate of drug-likeness (QED) is 0.774. The highest BCUT2D eigenvalue weighted by atomic mass is 16.6. The first-order valence-electron chi connectivity index (χ1n) is 6.56. The summed E-state index contributed by atoms with van der Waals surface area (Å²) in [5.74, 6) is -0.0308. The number of nitrogens with one attached hydrogen (secondary N) is 1. The molecule has 0 aromatic rings. The van der Waals surface area contributed by atoms with Crippen molar-refractivity contribution in [2.45, 2.75) is 70.7 Å². The highest BCUT2D eigenvalue weighted by Gasteiger charge is 2.50. The van der Waals surface area contributed by atoms with Crippen LogP contribution < -0.4 is 5.32 Å². The van der Waals surface area contributed by atoms with E-state index >= 15 is 0 Å². The van der Waals surface area contributed by atoms with Gasteiger partial charge < -0.3 is 15.0 Å². The number of ether oxygens (including phenoxy) is 1. The number of fused-ring (bicyclic) bond motifs is 2. The molecule has 2 aliphatic heterocycles. The molecule has 5 nitrogen and oxygen atoms in total. The van der Waals surface area contributed by atoms with Gasteiger partial charge in [0.15, 0.2) is 0 Å². The molecule has 0 saturated carbocycles. The minimum absolute atomic E-state index is 0.0308. The lowest BCUT2D eigenvalue weighted by Crippen LogP contribution is -2.45. The van der Waals surface area contributed by atoms with Crippen molar-refractivity contribution in [3.05, 3.63) is 0 Å².